The summed E-state index contributed by atoms with van der Waals surface area (Å²) in [4.78, 5) is 25.8. The van der Waals surface area contributed by atoms with Crippen molar-refractivity contribution in [2.24, 2.45) is 0 Å². The number of carbonyl (C=O) groups is 2. The molecule has 1 heterocycles. The molecule has 0 aromatic heterocycles. The molecule has 0 aliphatic carbocycles. The second-order valence-corrected chi connectivity index (χ2v) is 5.82. The molecule has 4 heteroatoms. The fourth-order valence-corrected chi connectivity index (χ4v) is 2.66. The maximum atomic E-state index is 12.2. The van der Waals surface area contributed by atoms with E-state index in [1.807, 2.05) is 35.2 Å². The molecule has 1 amide bonds. The van der Waals surface area contributed by atoms with Crippen molar-refractivity contribution in [2.75, 3.05) is 6.54 Å². The van der Waals surface area contributed by atoms with Crippen molar-refractivity contribution in [1.82, 2.24) is 4.90 Å². The van der Waals surface area contributed by atoms with Crippen molar-refractivity contribution in [3.05, 3.63) is 35.9 Å². The van der Waals surface area contributed by atoms with Crippen LogP contribution in [0.3, 0.4) is 0 Å². The van der Waals surface area contributed by atoms with E-state index in [2.05, 4.69) is 5.92 Å². The molecule has 0 spiro atoms. The zero-order valence-electron chi connectivity index (χ0n) is 13.4. The van der Waals surface area contributed by atoms with Gasteiger partial charge in [0, 0.05) is 32.4 Å². The molecule has 0 saturated carbocycles. The molecule has 1 saturated heterocycles. The molecule has 1 aromatic carbocycles. The molecule has 23 heavy (non-hydrogen) atoms. The first-order valence-corrected chi connectivity index (χ1v) is 8.13. The maximum Gasteiger partial charge on any atom is 0.306 e. The normalized spacial score (nSPS) is 17.6. The van der Waals surface area contributed by atoms with E-state index in [-0.39, 0.29) is 24.4 Å². The number of nitrogens with zero attached hydrogens (tertiary/aromatic N) is 1. The number of hydrogen-bond donors (Lipinski definition) is 0. The molecule has 1 aliphatic rings. The maximum absolute atomic E-state index is 12.2. The van der Waals surface area contributed by atoms with Gasteiger partial charge < -0.3 is 9.64 Å². The Morgan fingerprint density at radius 2 is 2.09 bits per heavy atom. The van der Waals surface area contributed by atoms with Crippen LogP contribution >= 0.6 is 0 Å². The lowest BCUT2D eigenvalue weighted by atomic mass is 10.1. The molecule has 1 fully saturated rings. The van der Waals surface area contributed by atoms with E-state index >= 15 is 0 Å². The first-order valence-electron chi connectivity index (χ1n) is 8.13. The monoisotopic (exact) mass is 313 g/mol. The molecule has 0 N–H and O–H groups in total. The highest BCUT2D eigenvalue weighted by Crippen LogP contribution is 2.18. The number of likely N-dealkylation sites (tertiary alicyclic amines) is 1. The molecule has 2 rings (SSSR count). The second kappa shape index (κ2) is 8.99. The Morgan fingerprint density at radius 3 is 2.78 bits per heavy atom. The summed E-state index contributed by atoms with van der Waals surface area (Å²) in [6, 6.07) is 9.91. The van der Waals surface area contributed by atoms with E-state index in [0.717, 1.165) is 18.4 Å². The van der Waals surface area contributed by atoms with Crippen LogP contribution in [0.1, 0.15) is 44.1 Å². The number of esters is 1. The fraction of sp³-hybridized carbons (Fsp3) is 0.474. The highest BCUT2D eigenvalue weighted by atomic mass is 16.5. The molecule has 0 radical (unpaired) electrons. The summed E-state index contributed by atoms with van der Waals surface area (Å²) >= 11 is 0. The van der Waals surface area contributed by atoms with Crippen LogP contribution < -0.4 is 0 Å². The van der Waals surface area contributed by atoms with Crippen LogP contribution in [-0.4, -0.2) is 29.4 Å². The van der Waals surface area contributed by atoms with Gasteiger partial charge >= 0.3 is 5.97 Å². The summed E-state index contributed by atoms with van der Waals surface area (Å²) in [7, 11) is 0. The minimum absolute atomic E-state index is 0.0465. The predicted molar refractivity (Wildman–Crippen MR) is 88.3 cm³/mol. The number of benzene rings is 1. The fourth-order valence-electron chi connectivity index (χ4n) is 2.66. The molecular formula is C19H23NO3. The van der Waals surface area contributed by atoms with Gasteiger partial charge in [0.1, 0.15) is 6.10 Å². The van der Waals surface area contributed by atoms with Gasteiger partial charge in [-0.25, -0.2) is 0 Å². The van der Waals surface area contributed by atoms with Crippen LogP contribution in [0.2, 0.25) is 0 Å². The Morgan fingerprint density at radius 1 is 1.30 bits per heavy atom. The van der Waals surface area contributed by atoms with Crippen molar-refractivity contribution in [3.63, 3.8) is 0 Å². The van der Waals surface area contributed by atoms with Crippen LogP contribution in [0.5, 0.6) is 0 Å². The SMILES string of the molecule is C#CCCCCC(=O)OC1CCN(Cc2ccccc2)C(=O)C1. The first kappa shape index (κ1) is 17.1. The quantitative estimate of drug-likeness (QED) is 0.442. The standard InChI is InChI=1S/C19H23NO3/c1-2-3-4-8-11-19(22)23-17-12-13-20(18(21)14-17)15-16-9-6-5-7-10-16/h1,5-7,9-10,17H,3-4,8,11-15H2. The number of terminal acetylenes is 1. The summed E-state index contributed by atoms with van der Waals surface area (Å²) in [5, 5.41) is 0. The topological polar surface area (TPSA) is 46.6 Å². The molecular weight excluding hydrogens is 290 g/mol. The Bertz CT molecular complexity index is 562. The summed E-state index contributed by atoms with van der Waals surface area (Å²) in [5.41, 5.74) is 1.12. The lowest BCUT2D eigenvalue weighted by molar-refractivity contribution is -0.155. The Balaban J connectivity index is 1.72. The Labute approximate surface area is 137 Å². The van der Waals surface area contributed by atoms with E-state index in [9.17, 15) is 9.59 Å². The molecule has 1 aliphatic heterocycles. The number of hydrogen-bond acceptors (Lipinski definition) is 3. The van der Waals surface area contributed by atoms with E-state index in [4.69, 9.17) is 11.2 Å². The number of rotatable bonds is 7. The number of amides is 1. The average molecular weight is 313 g/mol. The lowest BCUT2D eigenvalue weighted by Gasteiger charge is -2.31. The van der Waals surface area contributed by atoms with Crippen LogP contribution in [0.15, 0.2) is 30.3 Å². The third-order valence-electron chi connectivity index (χ3n) is 3.94. The number of unbranched alkanes of at least 4 members (excludes halogenated alkanes) is 2. The van der Waals surface area contributed by atoms with Gasteiger partial charge in [0.2, 0.25) is 5.91 Å². The smallest absolute Gasteiger partial charge is 0.306 e. The van der Waals surface area contributed by atoms with Crippen LogP contribution in [-0.2, 0) is 20.9 Å². The molecule has 1 atom stereocenters. The van der Waals surface area contributed by atoms with Crippen molar-refractivity contribution in [1.29, 1.82) is 0 Å². The van der Waals surface area contributed by atoms with Crippen LogP contribution in [0.4, 0.5) is 0 Å². The third kappa shape index (κ3) is 5.78. The average Bonchev–Trinajstić information content (AvgIpc) is 2.55. The molecule has 4 nitrogen and oxygen atoms in total. The minimum atomic E-state index is -0.283. The van der Waals surface area contributed by atoms with E-state index < -0.39 is 0 Å². The second-order valence-electron chi connectivity index (χ2n) is 5.82. The van der Waals surface area contributed by atoms with Gasteiger partial charge in [-0.05, 0) is 18.4 Å². The lowest BCUT2D eigenvalue weighted by Crippen LogP contribution is -2.41. The van der Waals surface area contributed by atoms with Gasteiger partial charge in [-0.3, -0.25) is 9.59 Å². The van der Waals surface area contributed by atoms with E-state index in [0.29, 0.717) is 32.4 Å². The molecule has 0 bridgehead atoms. The van der Waals surface area contributed by atoms with Gasteiger partial charge in [0.25, 0.3) is 0 Å². The Hall–Kier alpha value is -2.28. The van der Waals surface area contributed by atoms with Gasteiger partial charge in [-0.1, -0.05) is 30.3 Å². The summed E-state index contributed by atoms with van der Waals surface area (Å²) in [5.74, 6) is 2.37. The number of piperidine rings is 1. The third-order valence-corrected chi connectivity index (χ3v) is 3.94. The molecule has 1 aromatic rings. The molecule has 1 unspecified atom stereocenters. The molecule has 122 valence electrons. The van der Waals surface area contributed by atoms with Gasteiger partial charge in [0.15, 0.2) is 0 Å². The highest BCUT2D eigenvalue weighted by molar-refractivity contribution is 5.78. The van der Waals surface area contributed by atoms with Crippen molar-refractivity contribution >= 4 is 11.9 Å². The van der Waals surface area contributed by atoms with Gasteiger partial charge in [0.05, 0.1) is 6.42 Å². The number of carbonyl (C=O) groups excluding carboxylic acids is 2. The largest absolute Gasteiger partial charge is 0.462 e. The van der Waals surface area contributed by atoms with Crippen LogP contribution in [0, 0.1) is 12.3 Å². The first-order chi connectivity index (χ1) is 11.2. The summed E-state index contributed by atoms with van der Waals surface area (Å²) in [6.45, 7) is 1.25. The zero-order valence-corrected chi connectivity index (χ0v) is 13.4. The van der Waals surface area contributed by atoms with Gasteiger partial charge in [-0.15, -0.1) is 12.3 Å². The van der Waals surface area contributed by atoms with Crippen LogP contribution in [0.25, 0.3) is 0 Å². The van der Waals surface area contributed by atoms with E-state index in [1.165, 1.54) is 0 Å². The highest BCUT2D eigenvalue weighted by Gasteiger charge is 2.28. The Kier molecular flexibility index (Phi) is 6.68. The van der Waals surface area contributed by atoms with Crippen molar-refractivity contribution in [3.8, 4) is 12.3 Å². The van der Waals surface area contributed by atoms with E-state index in [1.54, 1.807) is 0 Å². The van der Waals surface area contributed by atoms with Crippen molar-refractivity contribution in [2.45, 2.75) is 51.2 Å². The summed E-state index contributed by atoms with van der Waals surface area (Å²) < 4.78 is 5.40. The summed E-state index contributed by atoms with van der Waals surface area (Å²) in [6.07, 6.45) is 8.50. The van der Waals surface area contributed by atoms with Crippen molar-refractivity contribution < 1.29 is 14.3 Å². The van der Waals surface area contributed by atoms with Gasteiger partial charge in [-0.2, -0.15) is 0 Å². The minimum Gasteiger partial charge on any atom is -0.462 e. The predicted octanol–water partition coefficient (Wildman–Crippen LogP) is 2.91. The number of ether oxygens (including phenoxy) is 1. The zero-order chi connectivity index (χ0) is 16.5.